The van der Waals surface area contributed by atoms with Gasteiger partial charge in [-0.3, -0.25) is 0 Å². The van der Waals surface area contributed by atoms with Gasteiger partial charge >= 0.3 is 0 Å². The molecule has 1 nitrogen and oxygen atoms in total. The summed E-state index contributed by atoms with van der Waals surface area (Å²) in [4.78, 5) is 0. The Bertz CT molecular complexity index is 385. The molecule has 0 heterocycles. The van der Waals surface area contributed by atoms with Crippen molar-refractivity contribution in [2.75, 3.05) is 5.75 Å². The number of halogens is 2. The van der Waals surface area contributed by atoms with Crippen LogP contribution in [0, 0.1) is 11.6 Å². The third kappa shape index (κ3) is 4.46. The molecule has 0 aromatic heterocycles. The summed E-state index contributed by atoms with van der Waals surface area (Å²) in [5, 5.41) is 10.5. The molecular weight excluding hydrogens is 266 g/mol. The minimum atomic E-state index is -0.682. The second-order valence-electron chi connectivity index (χ2n) is 5.15. The zero-order valence-corrected chi connectivity index (χ0v) is 11.8. The topological polar surface area (TPSA) is 20.2 Å². The van der Waals surface area contributed by atoms with Crippen LogP contribution in [0.5, 0.6) is 0 Å². The number of aliphatic hydroxyl groups excluding tert-OH is 1. The Balaban J connectivity index is 1.82. The molecule has 0 saturated heterocycles. The van der Waals surface area contributed by atoms with Gasteiger partial charge in [0.05, 0.1) is 6.10 Å². The van der Waals surface area contributed by atoms with Gasteiger partial charge in [0, 0.05) is 23.0 Å². The Morgan fingerprint density at radius 3 is 2.42 bits per heavy atom. The standard InChI is InChI=1S/C15H20F2OS/c16-14-7-4-8-15(17)13(14)9-11(18)10-19-12-5-2-1-3-6-12/h4,7-8,11-12,18H,1-3,5-6,9-10H2. The van der Waals surface area contributed by atoms with Crippen LogP contribution in [0.1, 0.15) is 37.7 Å². The molecule has 0 amide bonds. The van der Waals surface area contributed by atoms with E-state index in [-0.39, 0.29) is 12.0 Å². The Kier molecular flexibility index (Phi) is 5.64. The highest BCUT2D eigenvalue weighted by Crippen LogP contribution is 2.29. The van der Waals surface area contributed by atoms with Crippen molar-refractivity contribution in [1.29, 1.82) is 0 Å². The largest absolute Gasteiger partial charge is 0.392 e. The summed E-state index contributed by atoms with van der Waals surface area (Å²) in [6.45, 7) is 0. The van der Waals surface area contributed by atoms with Crippen LogP contribution in [-0.4, -0.2) is 22.2 Å². The summed E-state index contributed by atoms with van der Waals surface area (Å²) in [6.07, 6.45) is 5.60. The second-order valence-corrected chi connectivity index (χ2v) is 6.48. The average molecular weight is 286 g/mol. The lowest BCUT2D eigenvalue weighted by Gasteiger charge is -2.22. The van der Waals surface area contributed by atoms with E-state index in [4.69, 9.17) is 0 Å². The van der Waals surface area contributed by atoms with Crippen LogP contribution in [0.4, 0.5) is 8.78 Å². The van der Waals surface area contributed by atoms with Crippen LogP contribution in [0.15, 0.2) is 18.2 Å². The van der Waals surface area contributed by atoms with Gasteiger partial charge in [-0.1, -0.05) is 25.3 Å². The molecule has 1 aromatic carbocycles. The second kappa shape index (κ2) is 7.25. The summed E-state index contributed by atoms with van der Waals surface area (Å²) in [7, 11) is 0. The first-order valence-electron chi connectivity index (χ1n) is 6.89. The summed E-state index contributed by atoms with van der Waals surface area (Å²) in [5.74, 6) is -0.582. The third-order valence-electron chi connectivity index (χ3n) is 3.58. The molecule has 0 radical (unpaired) electrons. The predicted molar refractivity (Wildman–Crippen MR) is 75.4 cm³/mol. The van der Waals surface area contributed by atoms with Crippen molar-refractivity contribution < 1.29 is 13.9 Å². The van der Waals surface area contributed by atoms with Crippen molar-refractivity contribution in [1.82, 2.24) is 0 Å². The number of rotatable bonds is 5. The van der Waals surface area contributed by atoms with E-state index in [1.54, 1.807) is 11.8 Å². The monoisotopic (exact) mass is 286 g/mol. The van der Waals surface area contributed by atoms with Crippen molar-refractivity contribution in [3.63, 3.8) is 0 Å². The summed E-state index contributed by atoms with van der Waals surface area (Å²) >= 11 is 1.74. The zero-order chi connectivity index (χ0) is 13.7. The smallest absolute Gasteiger partial charge is 0.129 e. The molecule has 0 bridgehead atoms. The molecule has 1 atom stereocenters. The molecule has 1 aromatic rings. The van der Waals surface area contributed by atoms with E-state index >= 15 is 0 Å². The lowest BCUT2D eigenvalue weighted by molar-refractivity contribution is 0.197. The summed E-state index contributed by atoms with van der Waals surface area (Å²) < 4.78 is 26.9. The molecule has 1 N–H and O–H groups in total. The first-order chi connectivity index (χ1) is 9.16. The number of hydrogen-bond acceptors (Lipinski definition) is 2. The van der Waals surface area contributed by atoms with Crippen LogP contribution >= 0.6 is 11.8 Å². The zero-order valence-electron chi connectivity index (χ0n) is 10.9. The van der Waals surface area contributed by atoms with E-state index in [1.165, 1.54) is 50.3 Å². The Morgan fingerprint density at radius 1 is 1.16 bits per heavy atom. The van der Waals surface area contributed by atoms with Gasteiger partial charge in [0.2, 0.25) is 0 Å². The molecule has 2 rings (SSSR count). The van der Waals surface area contributed by atoms with E-state index in [9.17, 15) is 13.9 Å². The van der Waals surface area contributed by atoms with E-state index in [0.717, 1.165) is 0 Å². The van der Waals surface area contributed by atoms with Crippen molar-refractivity contribution in [3.8, 4) is 0 Å². The molecule has 1 unspecified atom stereocenters. The van der Waals surface area contributed by atoms with Gasteiger partial charge < -0.3 is 5.11 Å². The molecule has 0 aliphatic heterocycles. The fourth-order valence-electron chi connectivity index (χ4n) is 2.50. The van der Waals surface area contributed by atoms with Gasteiger partial charge in [-0.25, -0.2) is 8.78 Å². The molecule has 1 aliphatic rings. The van der Waals surface area contributed by atoms with Crippen LogP contribution in [0.2, 0.25) is 0 Å². The van der Waals surface area contributed by atoms with Crippen molar-refractivity contribution in [3.05, 3.63) is 35.4 Å². The first-order valence-corrected chi connectivity index (χ1v) is 7.94. The maximum absolute atomic E-state index is 13.4. The van der Waals surface area contributed by atoms with Gasteiger partial charge in [-0.2, -0.15) is 11.8 Å². The lowest BCUT2D eigenvalue weighted by atomic mass is 10.0. The third-order valence-corrected chi connectivity index (χ3v) is 5.10. The maximum atomic E-state index is 13.4. The lowest BCUT2D eigenvalue weighted by Crippen LogP contribution is -2.19. The van der Waals surface area contributed by atoms with Crippen molar-refractivity contribution >= 4 is 11.8 Å². The number of aliphatic hydroxyl groups is 1. The fourth-order valence-corrected chi connectivity index (χ4v) is 3.78. The molecule has 1 fully saturated rings. The van der Waals surface area contributed by atoms with Crippen LogP contribution in [0.3, 0.4) is 0 Å². The van der Waals surface area contributed by atoms with E-state index in [1.807, 2.05) is 0 Å². The number of benzene rings is 1. The van der Waals surface area contributed by atoms with Gasteiger partial charge in [0.15, 0.2) is 0 Å². The molecule has 106 valence electrons. The first kappa shape index (κ1) is 14.8. The Hall–Kier alpha value is -0.610. The number of thioether (sulfide) groups is 1. The van der Waals surface area contributed by atoms with Crippen molar-refractivity contribution in [2.45, 2.75) is 49.9 Å². The quantitative estimate of drug-likeness (QED) is 0.885. The van der Waals surface area contributed by atoms with Gasteiger partial charge in [0.25, 0.3) is 0 Å². The highest BCUT2D eigenvalue weighted by atomic mass is 32.2. The molecular formula is C15H20F2OS. The van der Waals surface area contributed by atoms with Crippen LogP contribution in [-0.2, 0) is 6.42 Å². The minimum absolute atomic E-state index is 0.000700. The number of hydrogen-bond donors (Lipinski definition) is 1. The van der Waals surface area contributed by atoms with Crippen LogP contribution < -0.4 is 0 Å². The van der Waals surface area contributed by atoms with Gasteiger partial charge in [-0.05, 0) is 25.0 Å². The highest BCUT2D eigenvalue weighted by Gasteiger charge is 2.18. The molecule has 19 heavy (non-hydrogen) atoms. The fraction of sp³-hybridized carbons (Fsp3) is 0.600. The van der Waals surface area contributed by atoms with E-state index in [0.29, 0.717) is 11.0 Å². The average Bonchev–Trinajstić information content (AvgIpc) is 2.42. The molecule has 4 heteroatoms. The van der Waals surface area contributed by atoms with Gasteiger partial charge in [-0.15, -0.1) is 0 Å². The highest BCUT2D eigenvalue weighted by molar-refractivity contribution is 7.99. The van der Waals surface area contributed by atoms with Crippen molar-refractivity contribution in [2.24, 2.45) is 0 Å². The Labute approximate surface area is 117 Å². The summed E-state index contributed by atoms with van der Waals surface area (Å²) in [6, 6.07) is 3.82. The predicted octanol–water partition coefficient (Wildman–Crippen LogP) is 3.93. The summed E-state index contributed by atoms with van der Waals surface area (Å²) in [5.41, 5.74) is -0.000700. The molecule has 1 saturated carbocycles. The normalized spacial score (nSPS) is 18.5. The molecule has 1 aliphatic carbocycles. The Morgan fingerprint density at radius 2 is 1.79 bits per heavy atom. The SMILES string of the molecule is OC(CSC1CCCCC1)Cc1c(F)cccc1F. The minimum Gasteiger partial charge on any atom is -0.392 e. The van der Waals surface area contributed by atoms with E-state index < -0.39 is 17.7 Å². The van der Waals surface area contributed by atoms with Crippen LogP contribution in [0.25, 0.3) is 0 Å². The maximum Gasteiger partial charge on any atom is 0.129 e. The molecule has 0 spiro atoms. The van der Waals surface area contributed by atoms with Gasteiger partial charge in [0.1, 0.15) is 11.6 Å². The van der Waals surface area contributed by atoms with E-state index in [2.05, 4.69) is 0 Å².